The van der Waals surface area contributed by atoms with Crippen LogP contribution in [0.3, 0.4) is 0 Å². The van der Waals surface area contributed by atoms with Crippen molar-refractivity contribution in [3.8, 4) is 0 Å². The number of rotatable bonds is 1. The number of benzene rings is 1. The lowest BCUT2D eigenvalue weighted by Gasteiger charge is -2.32. The fourth-order valence-electron chi connectivity index (χ4n) is 1.92. The van der Waals surface area contributed by atoms with Gasteiger partial charge >= 0.3 is 0 Å². The zero-order chi connectivity index (χ0) is 11.5. The molecule has 1 heterocycles. The average molecular weight is 239 g/mol. The zero-order valence-corrected chi connectivity index (χ0v) is 10.00. The lowest BCUT2D eigenvalue weighted by atomic mass is 10.1. The van der Waals surface area contributed by atoms with Gasteiger partial charge in [-0.3, -0.25) is 4.79 Å². The van der Waals surface area contributed by atoms with Crippen molar-refractivity contribution < 1.29 is 4.79 Å². The number of carbonyl (C=O) groups excluding carboxylic acids is 1. The van der Waals surface area contributed by atoms with Crippen LogP contribution in [0.25, 0.3) is 0 Å². The van der Waals surface area contributed by atoms with Gasteiger partial charge in [0.2, 0.25) is 0 Å². The maximum absolute atomic E-state index is 12.1. The van der Waals surface area contributed by atoms with Gasteiger partial charge < -0.3 is 10.2 Å². The molecule has 0 saturated carbocycles. The molecule has 1 fully saturated rings. The van der Waals surface area contributed by atoms with Crippen molar-refractivity contribution in [2.75, 3.05) is 19.6 Å². The Morgan fingerprint density at radius 3 is 3.06 bits per heavy atom. The minimum Gasteiger partial charge on any atom is -0.336 e. The molecule has 2 rings (SSSR count). The second-order valence-electron chi connectivity index (χ2n) is 4.12. The zero-order valence-electron chi connectivity index (χ0n) is 9.24. The van der Waals surface area contributed by atoms with Crippen molar-refractivity contribution in [2.45, 2.75) is 13.0 Å². The Balaban J connectivity index is 2.12. The number of hydrogen-bond acceptors (Lipinski definition) is 2. The minimum atomic E-state index is 0.0656. The van der Waals surface area contributed by atoms with Crippen LogP contribution < -0.4 is 5.32 Å². The van der Waals surface area contributed by atoms with Gasteiger partial charge in [0.15, 0.2) is 0 Å². The Labute approximate surface area is 100 Å². The molecule has 86 valence electrons. The predicted octanol–water partition coefficient (Wildman–Crippen LogP) is 1.77. The van der Waals surface area contributed by atoms with Crippen molar-refractivity contribution in [3.05, 3.63) is 34.9 Å². The monoisotopic (exact) mass is 238 g/mol. The molecule has 1 N–H and O–H groups in total. The first kappa shape index (κ1) is 11.4. The van der Waals surface area contributed by atoms with Crippen LogP contribution in [0.1, 0.15) is 17.3 Å². The molecule has 1 aromatic rings. The van der Waals surface area contributed by atoms with Gasteiger partial charge in [-0.15, -0.1) is 0 Å². The summed E-state index contributed by atoms with van der Waals surface area (Å²) >= 11 is 5.87. The van der Waals surface area contributed by atoms with E-state index in [0.29, 0.717) is 16.6 Å². The molecular formula is C12H15ClN2O. The first-order valence-electron chi connectivity index (χ1n) is 5.45. The molecule has 0 spiro atoms. The van der Waals surface area contributed by atoms with Crippen LogP contribution >= 0.6 is 11.6 Å². The minimum absolute atomic E-state index is 0.0656. The van der Waals surface area contributed by atoms with E-state index >= 15 is 0 Å². The van der Waals surface area contributed by atoms with Crippen molar-refractivity contribution >= 4 is 17.5 Å². The summed E-state index contributed by atoms with van der Waals surface area (Å²) in [5.41, 5.74) is 0.668. The molecule has 16 heavy (non-hydrogen) atoms. The van der Waals surface area contributed by atoms with E-state index in [1.54, 1.807) is 24.3 Å². The molecule has 1 aliphatic rings. The summed E-state index contributed by atoms with van der Waals surface area (Å²) in [4.78, 5) is 14.0. The first-order chi connectivity index (χ1) is 7.66. The molecule has 1 amide bonds. The SMILES string of the molecule is CC1CN(C(=O)c2cccc(Cl)c2)CCN1. The molecule has 1 unspecified atom stereocenters. The highest BCUT2D eigenvalue weighted by Crippen LogP contribution is 2.13. The molecule has 1 saturated heterocycles. The number of carbonyl (C=O) groups is 1. The normalized spacial score (nSPS) is 20.9. The van der Waals surface area contributed by atoms with E-state index in [-0.39, 0.29) is 5.91 Å². The fourth-order valence-corrected chi connectivity index (χ4v) is 2.11. The maximum Gasteiger partial charge on any atom is 0.254 e. The molecule has 0 aliphatic carbocycles. The molecular weight excluding hydrogens is 224 g/mol. The highest BCUT2D eigenvalue weighted by atomic mass is 35.5. The van der Waals surface area contributed by atoms with E-state index in [1.165, 1.54) is 0 Å². The summed E-state index contributed by atoms with van der Waals surface area (Å²) in [7, 11) is 0. The molecule has 3 nitrogen and oxygen atoms in total. The van der Waals surface area contributed by atoms with Gasteiger partial charge in [0.05, 0.1) is 0 Å². The van der Waals surface area contributed by atoms with Crippen molar-refractivity contribution in [1.82, 2.24) is 10.2 Å². The van der Waals surface area contributed by atoms with Crippen LogP contribution in [0.4, 0.5) is 0 Å². The number of hydrogen-bond donors (Lipinski definition) is 1. The average Bonchev–Trinajstić information content (AvgIpc) is 2.28. The summed E-state index contributed by atoms with van der Waals surface area (Å²) in [6.45, 7) is 4.45. The van der Waals surface area contributed by atoms with E-state index in [4.69, 9.17) is 11.6 Å². The highest BCUT2D eigenvalue weighted by molar-refractivity contribution is 6.30. The standard InChI is InChI=1S/C12H15ClN2O/c1-9-8-15(6-5-14-9)12(16)10-3-2-4-11(13)7-10/h2-4,7,9,14H,5-6,8H2,1H3. The van der Waals surface area contributed by atoms with Gasteiger partial charge in [0.25, 0.3) is 5.91 Å². The van der Waals surface area contributed by atoms with Crippen LogP contribution in [0, 0.1) is 0 Å². The molecule has 1 aliphatic heterocycles. The highest BCUT2D eigenvalue weighted by Gasteiger charge is 2.21. The third-order valence-electron chi connectivity index (χ3n) is 2.73. The number of piperazine rings is 1. The number of nitrogens with zero attached hydrogens (tertiary/aromatic N) is 1. The fraction of sp³-hybridized carbons (Fsp3) is 0.417. The lowest BCUT2D eigenvalue weighted by molar-refractivity contribution is 0.0709. The van der Waals surface area contributed by atoms with Gasteiger partial charge in [-0.1, -0.05) is 17.7 Å². The molecule has 0 aromatic heterocycles. The number of halogens is 1. The summed E-state index contributed by atoms with van der Waals surface area (Å²) in [5.74, 6) is 0.0656. The second-order valence-corrected chi connectivity index (χ2v) is 4.55. The van der Waals surface area contributed by atoms with Crippen LogP contribution in [0.15, 0.2) is 24.3 Å². The molecule has 4 heteroatoms. The van der Waals surface area contributed by atoms with Crippen LogP contribution in [-0.4, -0.2) is 36.5 Å². The largest absolute Gasteiger partial charge is 0.336 e. The predicted molar refractivity (Wildman–Crippen MR) is 64.8 cm³/mol. The Morgan fingerprint density at radius 2 is 2.38 bits per heavy atom. The molecule has 0 radical (unpaired) electrons. The third kappa shape index (κ3) is 2.54. The van der Waals surface area contributed by atoms with E-state index in [9.17, 15) is 4.79 Å². The van der Waals surface area contributed by atoms with Crippen LogP contribution in [-0.2, 0) is 0 Å². The number of amides is 1. The van der Waals surface area contributed by atoms with Gasteiger partial charge in [-0.25, -0.2) is 0 Å². The Hall–Kier alpha value is -1.06. The van der Waals surface area contributed by atoms with Crippen molar-refractivity contribution in [1.29, 1.82) is 0 Å². The number of nitrogens with one attached hydrogen (secondary N) is 1. The van der Waals surface area contributed by atoms with Gasteiger partial charge in [-0.2, -0.15) is 0 Å². The first-order valence-corrected chi connectivity index (χ1v) is 5.83. The second kappa shape index (κ2) is 4.85. The lowest BCUT2D eigenvalue weighted by Crippen LogP contribution is -2.51. The van der Waals surface area contributed by atoms with Gasteiger partial charge in [-0.05, 0) is 25.1 Å². The summed E-state index contributed by atoms with van der Waals surface area (Å²) in [6, 6.07) is 7.47. The van der Waals surface area contributed by atoms with E-state index in [2.05, 4.69) is 12.2 Å². The van der Waals surface area contributed by atoms with E-state index < -0.39 is 0 Å². The van der Waals surface area contributed by atoms with Crippen LogP contribution in [0.5, 0.6) is 0 Å². The summed E-state index contributed by atoms with van der Waals surface area (Å²) < 4.78 is 0. The van der Waals surface area contributed by atoms with Crippen molar-refractivity contribution in [3.63, 3.8) is 0 Å². The molecule has 1 atom stereocenters. The summed E-state index contributed by atoms with van der Waals surface area (Å²) in [6.07, 6.45) is 0. The van der Waals surface area contributed by atoms with Crippen molar-refractivity contribution in [2.24, 2.45) is 0 Å². The topological polar surface area (TPSA) is 32.3 Å². The van der Waals surface area contributed by atoms with Gasteiger partial charge in [0.1, 0.15) is 0 Å². The molecule has 1 aromatic carbocycles. The Morgan fingerprint density at radius 1 is 1.56 bits per heavy atom. The third-order valence-corrected chi connectivity index (χ3v) is 2.96. The smallest absolute Gasteiger partial charge is 0.254 e. The van der Waals surface area contributed by atoms with Gasteiger partial charge in [0, 0.05) is 36.3 Å². The quantitative estimate of drug-likeness (QED) is 0.809. The van der Waals surface area contributed by atoms with E-state index in [1.807, 2.05) is 4.90 Å². The Bertz CT molecular complexity index is 394. The molecule has 0 bridgehead atoms. The maximum atomic E-state index is 12.1. The summed E-state index contributed by atoms with van der Waals surface area (Å²) in [5, 5.41) is 3.92. The Kier molecular flexibility index (Phi) is 3.46. The van der Waals surface area contributed by atoms with Crippen LogP contribution in [0.2, 0.25) is 5.02 Å². The van der Waals surface area contributed by atoms with E-state index in [0.717, 1.165) is 19.6 Å².